The van der Waals surface area contributed by atoms with Gasteiger partial charge in [0.25, 0.3) is 0 Å². The largest absolute Gasteiger partial charge is 0.330 e. The van der Waals surface area contributed by atoms with Crippen LogP contribution >= 0.6 is 0 Å². The van der Waals surface area contributed by atoms with Crippen LogP contribution < -0.4 is 5.32 Å². The fourth-order valence-corrected chi connectivity index (χ4v) is 2.39. The third-order valence-corrected chi connectivity index (χ3v) is 3.39. The number of unbranched alkanes of at least 4 members (excludes halogenated alkanes) is 1. The van der Waals surface area contributed by atoms with Crippen molar-refractivity contribution in [2.75, 3.05) is 6.54 Å². The second-order valence-electron chi connectivity index (χ2n) is 5.05. The van der Waals surface area contributed by atoms with Crippen molar-refractivity contribution < 1.29 is 0 Å². The molecule has 1 N–H and O–H groups in total. The van der Waals surface area contributed by atoms with E-state index in [-0.39, 0.29) is 0 Å². The van der Waals surface area contributed by atoms with Crippen LogP contribution in [0.15, 0.2) is 12.5 Å². The highest BCUT2D eigenvalue weighted by Gasteiger charge is 2.12. The molecule has 0 saturated heterocycles. The average molecular weight is 251 g/mol. The van der Waals surface area contributed by atoms with Gasteiger partial charge in [-0.3, -0.25) is 0 Å². The molecule has 0 amide bonds. The molecule has 3 heteroatoms. The molecule has 1 rings (SSSR count). The zero-order chi connectivity index (χ0) is 13.2. The summed E-state index contributed by atoms with van der Waals surface area (Å²) in [5, 5.41) is 3.47. The third kappa shape index (κ3) is 4.81. The second kappa shape index (κ2) is 9.15. The highest BCUT2D eigenvalue weighted by atomic mass is 15.1. The van der Waals surface area contributed by atoms with Crippen molar-refractivity contribution in [1.82, 2.24) is 14.9 Å². The Bertz CT molecular complexity index is 306. The first-order valence-electron chi connectivity index (χ1n) is 7.54. The fraction of sp³-hybridized carbons (Fsp3) is 0.800. The minimum atomic E-state index is 0.635. The first-order chi connectivity index (χ1) is 8.83. The molecular formula is C15H29N3. The maximum atomic E-state index is 4.34. The Kier molecular flexibility index (Phi) is 7.74. The van der Waals surface area contributed by atoms with Crippen molar-refractivity contribution in [2.24, 2.45) is 0 Å². The van der Waals surface area contributed by atoms with Crippen molar-refractivity contribution in [2.45, 2.75) is 71.9 Å². The van der Waals surface area contributed by atoms with E-state index in [1.165, 1.54) is 44.2 Å². The van der Waals surface area contributed by atoms with Crippen molar-refractivity contribution in [3.8, 4) is 0 Å². The Hall–Kier alpha value is -0.830. The summed E-state index contributed by atoms with van der Waals surface area (Å²) in [7, 11) is 0. The number of aromatic nitrogens is 2. The van der Waals surface area contributed by atoms with Gasteiger partial charge in [-0.25, -0.2) is 4.98 Å². The van der Waals surface area contributed by atoms with Crippen molar-refractivity contribution in [1.29, 1.82) is 0 Å². The van der Waals surface area contributed by atoms with E-state index in [1.54, 1.807) is 0 Å². The van der Waals surface area contributed by atoms with Crippen molar-refractivity contribution >= 4 is 0 Å². The molecule has 0 saturated carbocycles. The highest BCUT2D eigenvalue weighted by Crippen LogP contribution is 2.22. The Labute approximate surface area is 112 Å². The van der Waals surface area contributed by atoms with Crippen LogP contribution in [0.25, 0.3) is 0 Å². The Morgan fingerprint density at radius 1 is 1.17 bits per heavy atom. The normalized spacial score (nSPS) is 12.8. The summed E-state index contributed by atoms with van der Waals surface area (Å²) in [6.07, 6.45) is 11.6. The number of nitrogens with zero attached hydrogens (tertiary/aromatic N) is 2. The third-order valence-electron chi connectivity index (χ3n) is 3.39. The lowest BCUT2D eigenvalue weighted by Gasteiger charge is -2.20. The van der Waals surface area contributed by atoms with Gasteiger partial charge in [0.2, 0.25) is 0 Å². The van der Waals surface area contributed by atoms with E-state index in [9.17, 15) is 0 Å². The van der Waals surface area contributed by atoms with Crippen LogP contribution in [0, 0.1) is 0 Å². The monoisotopic (exact) mass is 251 g/mol. The molecule has 0 aliphatic heterocycles. The van der Waals surface area contributed by atoms with Crippen molar-refractivity contribution in [3.05, 3.63) is 18.2 Å². The summed E-state index contributed by atoms with van der Waals surface area (Å²) in [5.74, 6) is 0. The Balaban J connectivity index is 2.62. The van der Waals surface area contributed by atoms with Gasteiger partial charge in [-0.05, 0) is 25.8 Å². The topological polar surface area (TPSA) is 29.9 Å². The van der Waals surface area contributed by atoms with Crippen LogP contribution in [0.5, 0.6) is 0 Å². The molecule has 0 spiro atoms. The predicted octanol–water partition coefficient (Wildman–Crippen LogP) is 3.91. The van der Waals surface area contributed by atoms with Crippen LogP contribution in [-0.2, 0) is 6.54 Å². The molecule has 1 atom stereocenters. The first kappa shape index (κ1) is 15.2. The van der Waals surface area contributed by atoms with Gasteiger partial charge >= 0.3 is 0 Å². The Morgan fingerprint density at radius 2 is 2.00 bits per heavy atom. The molecule has 0 aromatic carbocycles. The predicted molar refractivity (Wildman–Crippen MR) is 77.7 cm³/mol. The molecule has 0 bridgehead atoms. The van der Waals surface area contributed by atoms with Gasteiger partial charge in [0.15, 0.2) is 0 Å². The molecule has 18 heavy (non-hydrogen) atoms. The molecule has 0 aliphatic carbocycles. The van der Waals surface area contributed by atoms with Gasteiger partial charge in [-0.1, -0.05) is 40.0 Å². The van der Waals surface area contributed by atoms with E-state index in [0.29, 0.717) is 6.04 Å². The van der Waals surface area contributed by atoms with Crippen LogP contribution in [0.3, 0.4) is 0 Å². The zero-order valence-corrected chi connectivity index (χ0v) is 12.3. The summed E-state index contributed by atoms with van der Waals surface area (Å²) in [4.78, 5) is 4.34. The number of hydrogen-bond donors (Lipinski definition) is 1. The summed E-state index contributed by atoms with van der Waals surface area (Å²) < 4.78 is 2.39. The molecule has 0 aliphatic rings. The molecule has 0 radical (unpaired) electrons. The van der Waals surface area contributed by atoms with E-state index in [4.69, 9.17) is 0 Å². The van der Waals surface area contributed by atoms with Crippen LogP contribution in [-0.4, -0.2) is 16.1 Å². The minimum Gasteiger partial charge on any atom is -0.330 e. The fourth-order valence-electron chi connectivity index (χ4n) is 2.39. The molecule has 0 fully saturated rings. The van der Waals surface area contributed by atoms with Gasteiger partial charge in [0.05, 0.1) is 12.0 Å². The van der Waals surface area contributed by atoms with E-state index >= 15 is 0 Å². The maximum Gasteiger partial charge on any atom is 0.0951 e. The van der Waals surface area contributed by atoms with E-state index in [1.807, 2.05) is 12.5 Å². The van der Waals surface area contributed by atoms with Crippen LogP contribution in [0.2, 0.25) is 0 Å². The summed E-state index contributed by atoms with van der Waals surface area (Å²) >= 11 is 0. The van der Waals surface area contributed by atoms with E-state index < -0.39 is 0 Å². The minimum absolute atomic E-state index is 0.635. The average Bonchev–Trinajstić information content (AvgIpc) is 2.83. The molecule has 3 nitrogen and oxygen atoms in total. The summed E-state index contributed by atoms with van der Waals surface area (Å²) in [5.41, 5.74) is 1.33. The molecule has 1 aromatic rings. The SMILES string of the molecule is CCCCC(CCC)n1cncc1CNCCC. The van der Waals surface area contributed by atoms with Crippen molar-refractivity contribution in [3.63, 3.8) is 0 Å². The lowest BCUT2D eigenvalue weighted by molar-refractivity contribution is 0.403. The maximum absolute atomic E-state index is 4.34. The molecule has 1 unspecified atom stereocenters. The number of hydrogen-bond acceptors (Lipinski definition) is 2. The van der Waals surface area contributed by atoms with Crippen LogP contribution in [0.4, 0.5) is 0 Å². The standard InChI is InChI=1S/C15H29N3/c1-4-7-9-14(8-5-2)18-13-17-12-15(18)11-16-10-6-3/h12-14,16H,4-11H2,1-3H3. The highest BCUT2D eigenvalue weighted by molar-refractivity contribution is 5.00. The Morgan fingerprint density at radius 3 is 2.67 bits per heavy atom. The quantitative estimate of drug-likeness (QED) is 0.639. The van der Waals surface area contributed by atoms with Gasteiger partial charge in [0, 0.05) is 18.8 Å². The van der Waals surface area contributed by atoms with Crippen LogP contribution in [0.1, 0.15) is 71.0 Å². The zero-order valence-electron chi connectivity index (χ0n) is 12.3. The molecule has 104 valence electrons. The number of nitrogens with one attached hydrogen (secondary N) is 1. The second-order valence-corrected chi connectivity index (χ2v) is 5.05. The summed E-state index contributed by atoms with van der Waals surface area (Å²) in [6, 6.07) is 0.635. The lowest BCUT2D eigenvalue weighted by Crippen LogP contribution is -2.19. The number of imidazole rings is 1. The summed E-state index contributed by atoms with van der Waals surface area (Å²) in [6.45, 7) is 8.76. The van der Waals surface area contributed by atoms with Gasteiger partial charge < -0.3 is 9.88 Å². The molecular weight excluding hydrogens is 222 g/mol. The van der Waals surface area contributed by atoms with Gasteiger partial charge in [0.1, 0.15) is 0 Å². The van der Waals surface area contributed by atoms with E-state index in [0.717, 1.165) is 13.1 Å². The van der Waals surface area contributed by atoms with E-state index in [2.05, 4.69) is 35.6 Å². The molecule has 1 heterocycles. The van der Waals surface area contributed by atoms with Gasteiger partial charge in [-0.2, -0.15) is 0 Å². The smallest absolute Gasteiger partial charge is 0.0951 e. The first-order valence-corrected chi connectivity index (χ1v) is 7.54. The molecule has 1 aromatic heterocycles. The van der Waals surface area contributed by atoms with Gasteiger partial charge in [-0.15, -0.1) is 0 Å². The number of rotatable bonds is 10. The lowest BCUT2D eigenvalue weighted by atomic mass is 10.0.